The van der Waals surface area contributed by atoms with Crippen molar-refractivity contribution >= 4 is 5.97 Å². The van der Waals surface area contributed by atoms with Gasteiger partial charge < -0.3 is 9.84 Å². The molecule has 0 aliphatic heterocycles. The highest BCUT2D eigenvalue weighted by Crippen LogP contribution is 2.11. The lowest BCUT2D eigenvalue weighted by Gasteiger charge is -2.21. The molecule has 1 unspecified atom stereocenters. The summed E-state index contributed by atoms with van der Waals surface area (Å²) in [6.07, 6.45) is 2.54. The molecular weight excluding hydrogens is 180 g/mol. The third-order valence-electron chi connectivity index (χ3n) is 1.76. The van der Waals surface area contributed by atoms with Crippen molar-refractivity contribution in [2.45, 2.75) is 65.1 Å². The molecule has 0 fully saturated rings. The van der Waals surface area contributed by atoms with E-state index in [0.29, 0.717) is 6.42 Å². The van der Waals surface area contributed by atoms with Crippen molar-refractivity contribution in [1.82, 2.24) is 0 Å². The van der Waals surface area contributed by atoms with Gasteiger partial charge in [0.2, 0.25) is 0 Å². The average Bonchev–Trinajstić information content (AvgIpc) is 2.01. The van der Waals surface area contributed by atoms with Gasteiger partial charge in [0.05, 0.1) is 0 Å². The summed E-state index contributed by atoms with van der Waals surface area (Å²) in [5.41, 5.74) is -0.511. The number of hydrogen-bond donors (Lipinski definition) is 1. The summed E-state index contributed by atoms with van der Waals surface area (Å²) in [6, 6.07) is 0. The zero-order chi connectivity index (χ0) is 11.2. The molecule has 0 aliphatic carbocycles. The maximum atomic E-state index is 11.3. The first kappa shape index (κ1) is 13.4. The second kappa shape index (κ2) is 6.02. The molecule has 0 bridgehead atoms. The van der Waals surface area contributed by atoms with Gasteiger partial charge in [0.15, 0.2) is 6.10 Å². The van der Waals surface area contributed by atoms with Crippen LogP contribution in [0.25, 0.3) is 0 Å². The molecule has 0 aromatic heterocycles. The summed E-state index contributed by atoms with van der Waals surface area (Å²) in [4.78, 5) is 11.3. The van der Waals surface area contributed by atoms with Gasteiger partial charge in [-0.3, -0.25) is 0 Å². The lowest BCUT2D eigenvalue weighted by molar-refractivity contribution is -0.165. The van der Waals surface area contributed by atoms with E-state index in [1.165, 1.54) is 0 Å². The van der Waals surface area contributed by atoms with Gasteiger partial charge in [-0.25, -0.2) is 4.79 Å². The molecule has 0 amide bonds. The van der Waals surface area contributed by atoms with E-state index in [1.54, 1.807) is 20.8 Å². The van der Waals surface area contributed by atoms with Crippen molar-refractivity contribution in [2.24, 2.45) is 0 Å². The van der Waals surface area contributed by atoms with Crippen LogP contribution in [0.15, 0.2) is 0 Å². The summed E-state index contributed by atoms with van der Waals surface area (Å²) < 4.78 is 5.04. The molecule has 0 radical (unpaired) electrons. The Morgan fingerprint density at radius 3 is 2.36 bits per heavy atom. The number of ether oxygens (including phenoxy) is 1. The van der Waals surface area contributed by atoms with Gasteiger partial charge >= 0.3 is 5.97 Å². The average molecular weight is 202 g/mol. The predicted octanol–water partition coefficient (Wildman–Crippen LogP) is 2.27. The van der Waals surface area contributed by atoms with Crippen molar-refractivity contribution in [3.05, 3.63) is 0 Å². The van der Waals surface area contributed by atoms with Crippen molar-refractivity contribution in [3.8, 4) is 0 Å². The molecule has 0 rings (SSSR count). The van der Waals surface area contributed by atoms with E-state index < -0.39 is 17.7 Å². The minimum atomic E-state index is -0.958. The van der Waals surface area contributed by atoms with Crippen LogP contribution in [-0.2, 0) is 9.53 Å². The summed E-state index contributed by atoms with van der Waals surface area (Å²) in [5.74, 6) is -0.506. The SMILES string of the molecule is CCCCCC(O)C(=O)OC(C)(C)C. The summed E-state index contributed by atoms with van der Waals surface area (Å²) >= 11 is 0. The fourth-order valence-corrected chi connectivity index (χ4v) is 1.08. The maximum absolute atomic E-state index is 11.3. The van der Waals surface area contributed by atoms with Crippen LogP contribution in [0.5, 0.6) is 0 Å². The van der Waals surface area contributed by atoms with Crippen LogP contribution in [0.3, 0.4) is 0 Å². The Balaban J connectivity index is 3.77. The Labute approximate surface area is 86.5 Å². The number of hydrogen-bond acceptors (Lipinski definition) is 3. The van der Waals surface area contributed by atoms with Gasteiger partial charge in [-0.1, -0.05) is 26.2 Å². The van der Waals surface area contributed by atoms with E-state index in [2.05, 4.69) is 6.92 Å². The number of esters is 1. The van der Waals surface area contributed by atoms with Crippen LogP contribution in [0.1, 0.15) is 53.4 Å². The third-order valence-corrected chi connectivity index (χ3v) is 1.76. The van der Waals surface area contributed by atoms with E-state index in [9.17, 15) is 9.90 Å². The Morgan fingerprint density at radius 1 is 1.36 bits per heavy atom. The van der Waals surface area contributed by atoms with Crippen LogP contribution >= 0.6 is 0 Å². The monoisotopic (exact) mass is 202 g/mol. The van der Waals surface area contributed by atoms with E-state index in [-0.39, 0.29) is 0 Å². The molecule has 1 atom stereocenters. The lowest BCUT2D eigenvalue weighted by atomic mass is 10.1. The topological polar surface area (TPSA) is 46.5 Å². The Hall–Kier alpha value is -0.570. The number of aliphatic hydroxyl groups is 1. The molecule has 0 saturated carbocycles. The van der Waals surface area contributed by atoms with Crippen molar-refractivity contribution in [3.63, 3.8) is 0 Å². The van der Waals surface area contributed by atoms with E-state index >= 15 is 0 Å². The molecule has 0 aliphatic rings. The predicted molar refractivity (Wildman–Crippen MR) is 56.0 cm³/mol. The number of carbonyl (C=O) groups is 1. The Kier molecular flexibility index (Phi) is 5.77. The molecule has 0 saturated heterocycles. The van der Waals surface area contributed by atoms with Crippen LogP contribution in [0.2, 0.25) is 0 Å². The van der Waals surface area contributed by atoms with Crippen molar-refractivity contribution in [1.29, 1.82) is 0 Å². The molecule has 3 heteroatoms. The molecule has 3 nitrogen and oxygen atoms in total. The highest BCUT2D eigenvalue weighted by Gasteiger charge is 2.22. The quantitative estimate of drug-likeness (QED) is 0.549. The normalized spacial score (nSPS) is 13.8. The molecule has 0 aromatic rings. The second-order valence-electron chi connectivity index (χ2n) is 4.55. The second-order valence-corrected chi connectivity index (χ2v) is 4.55. The number of rotatable bonds is 5. The van der Waals surface area contributed by atoms with Crippen LogP contribution in [0.4, 0.5) is 0 Å². The zero-order valence-electron chi connectivity index (χ0n) is 9.67. The number of carbonyl (C=O) groups excluding carboxylic acids is 1. The summed E-state index contributed by atoms with van der Waals surface area (Å²) in [7, 11) is 0. The summed E-state index contributed by atoms with van der Waals surface area (Å²) in [5, 5.41) is 9.43. The minimum Gasteiger partial charge on any atom is -0.458 e. The lowest BCUT2D eigenvalue weighted by Crippen LogP contribution is -2.31. The van der Waals surface area contributed by atoms with Crippen LogP contribution < -0.4 is 0 Å². The molecule has 0 spiro atoms. The van der Waals surface area contributed by atoms with Gasteiger partial charge in [-0.15, -0.1) is 0 Å². The largest absolute Gasteiger partial charge is 0.458 e. The fraction of sp³-hybridized carbons (Fsp3) is 0.909. The summed E-state index contributed by atoms with van der Waals surface area (Å²) in [6.45, 7) is 7.47. The first-order chi connectivity index (χ1) is 6.37. The smallest absolute Gasteiger partial charge is 0.335 e. The Morgan fingerprint density at radius 2 is 1.93 bits per heavy atom. The number of aliphatic hydroxyl groups excluding tert-OH is 1. The molecular formula is C11H22O3. The van der Waals surface area contributed by atoms with E-state index in [1.807, 2.05) is 0 Å². The molecule has 14 heavy (non-hydrogen) atoms. The maximum Gasteiger partial charge on any atom is 0.335 e. The first-order valence-electron chi connectivity index (χ1n) is 5.27. The standard InChI is InChI=1S/C11H22O3/c1-5-6-7-8-9(12)10(13)14-11(2,3)4/h9,12H,5-8H2,1-4H3. The molecule has 1 N–H and O–H groups in total. The van der Waals surface area contributed by atoms with Gasteiger partial charge in [0, 0.05) is 0 Å². The van der Waals surface area contributed by atoms with Gasteiger partial charge in [-0.2, -0.15) is 0 Å². The minimum absolute atomic E-state index is 0.503. The highest BCUT2D eigenvalue weighted by molar-refractivity contribution is 5.74. The van der Waals surface area contributed by atoms with Crippen molar-refractivity contribution in [2.75, 3.05) is 0 Å². The van der Waals surface area contributed by atoms with Crippen molar-refractivity contribution < 1.29 is 14.6 Å². The number of unbranched alkanes of at least 4 members (excludes halogenated alkanes) is 2. The molecule has 0 aromatic carbocycles. The fourth-order valence-electron chi connectivity index (χ4n) is 1.08. The molecule has 84 valence electrons. The van der Waals surface area contributed by atoms with Crippen LogP contribution in [-0.4, -0.2) is 22.8 Å². The van der Waals surface area contributed by atoms with E-state index in [4.69, 9.17) is 4.74 Å². The zero-order valence-corrected chi connectivity index (χ0v) is 9.67. The third kappa shape index (κ3) is 6.89. The molecule has 0 heterocycles. The van der Waals surface area contributed by atoms with Crippen LogP contribution in [0, 0.1) is 0 Å². The van der Waals surface area contributed by atoms with E-state index in [0.717, 1.165) is 19.3 Å². The van der Waals surface area contributed by atoms with Gasteiger partial charge in [0.25, 0.3) is 0 Å². The first-order valence-corrected chi connectivity index (χ1v) is 5.27. The van der Waals surface area contributed by atoms with Gasteiger partial charge in [-0.05, 0) is 27.2 Å². The highest BCUT2D eigenvalue weighted by atomic mass is 16.6. The Bertz CT molecular complexity index is 170. The van der Waals surface area contributed by atoms with Gasteiger partial charge in [0.1, 0.15) is 5.60 Å².